The molecule has 3 aromatic rings. The second-order valence-electron chi connectivity index (χ2n) is 4.53. The van der Waals surface area contributed by atoms with Crippen LogP contribution in [0.5, 0.6) is 0 Å². The predicted octanol–water partition coefficient (Wildman–Crippen LogP) is 3.97. The van der Waals surface area contributed by atoms with E-state index in [0.29, 0.717) is 5.88 Å². The number of furan rings is 1. The summed E-state index contributed by atoms with van der Waals surface area (Å²) in [6, 6.07) is 21.4. The number of nitrogen functional groups attached to an aromatic ring is 1. The van der Waals surface area contributed by atoms with Gasteiger partial charge in [0.1, 0.15) is 5.76 Å². The van der Waals surface area contributed by atoms with Crippen LogP contribution in [-0.2, 0) is 0 Å². The van der Waals surface area contributed by atoms with E-state index >= 15 is 0 Å². The van der Waals surface area contributed by atoms with Gasteiger partial charge in [0.05, 0.1) is 17.5 Å². The Morgan fingerprint density at radius 1 is 0.952 bits per heavy atom. The van der Waals surface area contributed by atoms with Gasteiger partial charge in [-0.15, -0.1) is 0 Å². The fourth-order valence-corrected chi connectivity index (χ4v) is 1.95. The van der Waals surface area contributed by atoms with E-state index in [-0.39, 0.29) is 0 Å². The summed E-state index contributed by atoms with van der Waals surface area (Å²) < 4.78 is 5.56. The minimum atomic E-state index is 0.354. The summed E-state index contributed by atoms with van der Waals surface area (Å²) in [5.41, 5.74) is 11.5. The van der Waals surface area contributed by atoms with Crippen molar-refractivity contribution in [3.05, 3.63) is 72.3 Å². The monoisotopic (exact) mass is 277 g/mol. The van der Waals surface area contributed by atoms with E-state index in [1.807, 2.05) is 66.7 Å². The van der Waals surface area contributed by atoms with Crippen LogP contribution < -0.4 is 11.2 Å². The van der Waals surface area contributed by atoms with Crippen molar-refractivity contribution >= 4 is 17.8 Å². The second-order valence-corrected chi connectivity index (χ2v) is 4.53. The number of hydrazone groups is 1. The maximum atomic E-state index is 5.87. The van der Waals surface area contributed by atoms with Crippen molar-refractivity contribution in [3.8, 4) is 11.3 Å². The molecule has 0 fully saturated rings. The summed E-state index contributed by atoms with van der Waals surface area (Å²) in [4.78, 5) is 0. The van der Waals surface area contributed by atoms with Gasteiger partial charge in [-0.3, -0.25) is 5.43 Å². The summed E-state index contributed by atoms with van der Waals surface area (Å²) in [6.45, 7) is 0. The molecule has 21 heavy (non-hydrogen) atoms. The van der Waals surface area contributed by atoms with Crippen molar-refractivity contribution < 1.29 is 4.42 Å². The molecule has 0 aliphatic carbocycles. The van der Waals surface area contributed by atoms with Gasteiger partial charge in [-0.1, -0.05) is 48.5 Å². The Morgan fingerprint density at radius 2 is 1.62 bits per heavy atom. The lowest BCUT2D eigenvalue weighted by atomic mass is 10.1. The molecule has 1 aromatic heterocycles. The van der Waals surface area contributed by atoms with Crippen LogP contribution in [0.25, 0.3) is 11.3 Å². The highest BCUT2D eigenvalue weighted by Gasteiger charge is 2.07. The minimum Gasteiger partial charge on any atom is -0.440 e. The van der Waals surface area contributed by atoms with Gasteiger partial charge in [0.15, 0.2) is 5.88 Å². The Hall–Kier alpha value is -3.01. The smallest absolute Gasteiger partial charge is 0.199 e. The highest BCUT2D eigenvalue weighted by Crippen LogP contribution is 2.26. The van der Waals surface area contributed by atoms with Gasteiger partial charge < -0.3 is 10.2 Å². The van der Waals surface area contributed by atoms with Crippen molar-refractivity contribution in [3.63, 3.8) is 0 Å². The van der Waals surface area contributed by atoms with E-state index in [1.54, 1.807) is 6.21 Å². The molecule has 0 aliphatic rings. The first-order valence-corrected chi connectivity index (χ1v) is 6.62. The number of anilines is 2. The average molecular weight is 277 g/mol. The van der Waals surface area contributed by atoms with E-state index in [4.69, 9.17) is 10.2 Å². The zero-order valence-corrected chi connectivity index (χ0v) is 11.4. The van der Waals surface area contributed by atoms with Crippen LogP contribution in [0.2, 0.25) is 0 Å². The maximum absolute atomic E-state index is 5.87. The van der Waals surface area contributed by atoms with Crippen molar-refractivity contribution in [2.75, 3.05) is 11.2 Å². The van der Waals surface area contributed by atoms with E-state index in [9.17, 15) is 0 Å². The molecule has 3 rings (SSSR count). The van der Waals surface area contributed by atoms with Crippen LogP contribution in [-0.4, -0.2) is 6.21 Å². The number of nitrogens with zero attached hydrogens (tertiary/aromatic N) is 1. The summed E-state index contributed by atoms with van der Waals surface area (Å²) in [7, 11) is 0. The number of hydrogen-bond donors (Lipinski definition) is 2. The van der Waals surface area contributed by atoms with Gasteiger partial charge in [0, 0.05) is 5.56 Å². The molecule has 0 aliphatic heterocycles. The summed E-state index contributed by atoms with van der Waals surface area (Å²) in [6.07, 6.45) is 1.65. The van der Waals surface area contributed by atoms with Crippen molar-refractivity contribution in [1.29, 1.82) is 0 Å². The van der Waals surface area contributed by atoms with Gasteiger partial charge in [0.2, 0.25) is 0 Å². The molecule has 4 nitrogen and oxygen atoms in total. The second kappa shape index (κ2) is 5.96. The number of para-hydroxylation sites is 1. The Morgan fingerprint density at radius 3 is 2.33 bits per heavy atom. The fraction of sp³-hybridized carbons (Fsp3) is 0. The van der Waals surface area contributed by atoms with E-state index in [2.05, 4.69) is 10.5 Å². The third-order valence-electron chi connectivity index (χ3n) is 3.02. The first-order valence-electron chi connectivity index (χ1n) is 6.62. The highest BCUT2D eigenvalue weighted by molar-refractivity contribution is 5.87. The zero-order valence-electron chi connectivity index (χ0n) is 11.4. The molecule has 0 spiro atoms. The Kier molecular flexibility index (Phi) is 3.69. The molecule has 2 aromatic carbocycles. The molecule has 0 saturated heterocycles. The topological polar surface area (TPSA) is 63.5 Å². The molecule has 1 heterocycles. The number of nitrogens with two attached hydrogens (primary N) is 1. The van der Waals surface area contributed by atoms with Crippen LogP contribution >= 0.6 is 0 Å². The molecule has 4 heteroatoms. The Bertz CT molecular complexity index is 733. The summed E-state index contributed by atoms with van der Waals surface area (Å²) >= 11 is 0. The number of hydrogen-bond acceptors (Lipinski definition) is 4. The van der Waals surface area contributed by atoms with Crippen LogP contribution in [0.3, 0.4) is 0 Å². The molecule has 3 N–H and O–H groups in total. The van der Waals surface area contributed by atoms with Crippen LogP contribution in [0, 0.1) is 0 Å². The summed E-state index contributed by atoms with van der Waals surface area (Å²) in [5, 5.41) is 4.16. The van der Waals surface area contributed by atoms with E-state index < -0.39 is 0 Å². The molecule has 0 radical (unpaired) electrons. The standard InChI is InChI=1S/C17H15N3O/c18-17-14(12-19-20-15-9-5-2-6-10-15)11-16(21-17)13-7-3-1-4-8-13/h1-12,20H,18H2/b19-12+. The quantitative estimate of drug-likeness (QED) is 0.560. The normalized spacial score (nSPS) is 10.9. The number of benzene rings is 2. The number of nitrogens with one attached hydrogen (secondary N) is 1. The minimum absolute atomic E-state index is 0.354. The molecule has 104 valence electrons. The Labute approximate surface area is 122 Å². The predicted molar refractivity (Wildman–Crippen MR) is 86.2 cm³/mol. The first-order chi connectivity index (χ1) is 10.3. The molecule has 0 bridgehead atoms. The van der Waals surface area contributed by atoms with Gasteiger partial charge >= 0.3 is 0 Å². The lowest BCUT2D eigenvalue weighted by molar-refractivity contribution is 0.602. The first kappa shape index (κ1) is 13.0. The van der Waals surface area contributed by atoms with Crippen molar-refractivity contribution in [2.45, 2.75) is 0 Å². The van der Waals surface area contributed by atoms with E-state index in [1.165, 1.54) is 0 Å². The van der Waals surface area contributed by atoms with Gasteiger partial charge in [0.25, 0.3) is 0 Å². The maximum Gasteiger partial charge on any atom is 0.199 e. The highest BCUT2D eigenvalue weighted by atomic mass is 16.4. The third kappa shape index (κ3) is 3.12. The molecule has 0 saturated carbocycles. The molecule has 0 amide bonds. The molecular weight excluding hydrogens is 262 g/mol. The van der Waals surface area contributed by atoms with Crippen molar-refractivity contribution in [1.82, 2.24) is 0 Å². The van der Waals surface area contributed by atoms with Gasteiger partial charge in [-0.05, 0) is 18.2 Å². The third-order valence-corrected chi connectivity index (χ3v) is 3.02. The summed E-state index contributed by atoms with van der Waals surface area (Å²) in [5.74, 6) is 1.08. The van der Waals surface area contributed by atoms with E-state index in [0.717, 1.165) is 22.6 Å². The van der Waals surface area contributed by atoms with Gasteiger partial charge in [-0.2, -0.15) is 5.10 Å². The average Bonchev–Trinajstić information content (AvgIpc) is 2.91. The van der Waals surface area contributed by atoms with Gasteiger partial charge in [-0.25, -0.2) is 0 Å². The van der Waals surface area contributed by atoms with Crippen molar-refractivity contribution in [2.24, 2.45) is 5.10 Å². The SMILES string of the molecule is Nc1oc(-c2ccccc2)cc1/C=N/Nc1ccccc1. The Balaban J connectivity index is 1.76. The van der Waals surface area contributed by atoms with Crippen LogP contribution in [0.1, 0.15) is 5.56 Å². The molecule has 0 unspecified atom stereocenters. The lowest BCUT2D eigenvalue weighted by Gasteiger charge is -1.97. The largest absolute Gasteiger partial charge is 0.440 e. The fourth-order valence-electron chi connectivity index (χ4n) is 1.95. The van der Waals surface area contributed by atoms with Crippen LogP contribution in [0.4, 0.5) is 11.6 Å². The number of rotatable bonds is 4. The lowest BCUT2D eigenvalue weighted by Crippen LogP contribution is -1.92. The molecular formula is C17H15N3O. The van der Waals surface area contributed by atoms with Crippen LogP contribution in [0.15, 0.2) is 76.2 Å². The molecule has 0 atom stereocenters. The zero-order chi connectivity index (χ0) is 14.5.